The van der Waals surface area contributed by atoms with Gasteiger partial charge >= 0.3 is 0 Å². The van der Waals surface area contributed by atoms with Crippen molar-refractivity contribution in [2.24, 2.45) is 0 Å². The van der Waals surface area contributed by atoms with Gasteiger partial charge in [0, 0.05) is 11.1 Å². The Bertz CT molecular complexity index is 3260. The maximum Gasteiger partial charge on any atom is 0.0715 e. The minimum absolute atomic E-state index is 0.954. The van der Waals surface area contributed by atoms with Crippen molar-refractivity contribution in [1.82, 2.24) is 4.98 Å². The van der Waals surface area contributed by atoms with Gasteiger partial charge in [-0.1, -0.05) is 200 Å². The van der Waals surface area contributed by atoms with E-state index in [1.54, 1.807) is 0 Å². The van der Waals surface area contributed by atoms with Crippen molar-refractivity contribution in [3.8, 4) is 78.1 Å². The number of nitrogens with zero attached hydrogens (tertiary/aromatic N) is 1. The first-order valence-corrected chi connectivity index (χ1v) is 20.6. The molecule has 0 bridgehead atoms. The highest BCUT2D eigenvalue weighted by atomic mass is 14.7. The Balaban J connectivity index is 1.21. The molecule has 280 valence electrons. The lowest BCUT2D eigenvalue weighted by molar-refractivity contribution is 1.32. The lowest BCUT2D eigenvalue weighted by Crippen LogP contribution is -1.94. The molecule has 0 fully saturated rings. The number of fused-ring (bicyclic) bond motifs is 4. The number of aromatic nitrogens is 1. The molecule has 10 aromatic carbocycles. The molecule has 1 heterocycles. The van der Waals surface area contributed by atoms with Crippen LogP contribution in [0.4, 0.5) is 0 Å². The molecule has 11 aromatic rings. The van der Waals surface area contributed by atoms with Gasteiger partial charge in [0.1, 0.15) is 0 Å². The Morgan fingerprint density at radius 3 is 1.05 bits per heavy atom. The zero-order valence-corrected chi connectivity index (χ0v) is 33.0. The molecule has 0 saturated carbocycles. The van der Waals surface area contributed by atoms with Gasteiger partial charge in [0.05, 0.1) is 11.4 Å². The first-order valence-electron chi connectivity index (χ1n) is 20.6. The highest BCUT2D eigenvalue weighted by molar-refractivity contribution is 6.23. The second-order valence-electron chi connectivity index (χ2n) is 15.5. The van der Waals surface area contributed by atoms with E-state index in [9.17, 15) is 0 Å². The van der Waals surface area contributed by atoms with E-state index in [0.29, 0.717) is 0 Å². The first-order chi connectivity index (χ1) is 29.7. The second-order valence-corrected chi connectivity index (χ2v) is 15.5. The summed E-state index contributed by atoms with van der Waals surface area (Å²) in [5.41, 5.74) is 16.1. The molecule has 0 spiro atoms. The van der Waals surface area contributed by atoms with Crippen LogP contribution in [-0.4, -0.2) is 4.98 Å². The van der Waals surface area contributed by atoms with E-state index in [4.69, 9.17) is 4.98 Å². The predicted octanol–water partition coefficient (Wildman–Crippen LogP) is 16.2. The number of pyridine rings is 1. The smallest absolute Gasteiger partial charge is 0.0715 e. The largest absolute Gasteiger partial charge is 0.248 e. The molecule has 1 heteroatoms. The van der Waals surface area contributed by atoms with Crippen molar-refractivity contribution in [2.75, 3.05) is 0 Å². The predicted molar refractivity (Wildman–Crippen MR) is 255 cm³/mol. The fourth-order valence-corrected chi connectivity index (χ4v) is 8.94. The summed E-state index contributed by atoms with van der Waals surface area (Å²) in [6.45, 7) is 0. The van der Waals surface area contributed by atoms with Crippen LogP contribution in [0.25, 0.3) is 110 Å². The summed E-state index contributed by atoms with van der Waals surface area (Å²) >= 11 is 0. The van der Waals surface area contributed by atoms with Crippen molar-refractivity contribution in [3.05, 3.63) is 237 Å². The van der Waals surface area contributed by atoms with E-state index in [1.165, 1.54) is 76.8 Å². The zero-order chi connectivity index (χ0) is 39.8. The van der Waals surface area contributed by atoms with Crippen molar-refractivity contribution in [1.29, 1.82) is 0 Å². The van der Waals surface area contributed by atoms with E-state index in [1.807, 2.05) is 0 Å². The zero-order valence-electron chi connectivity index (χ0n) is 33.0. The molecule has 0 unspecified atom stereocenters. The van der Waals surface area contributed by atoms with E-state index < -0.39 is 0 Å². The van der Waals surface area contributed by atoms with Gasteiger partial charge in [-0.2, -0.15) is 0 Å². The Morgan fingerprint density at radius 1 is 0.217 bits per heavy atom. The van der Waals surface area contributed by atoms with Gasteiger partial charge in [-0.25, -0.2) is 4.98 Å². The lowest BCUT2D eigenvalue weighted by atomic mass is 9.82. The molecular weight excluding hydrogens is 723 g/mol. The lowest BCUT2D eigenvalue weighted by Gasteiger charge is -2.21. The van der Waals surface area contributed by atoms with Gasteiger partial charge in [0.25, 0.3) is 0 Å². The van der Waals surface area contributed by atoms with Crippen LogP contribution in [0.3, 0.4) is 0 Å². The summed E-state index contributed by atoms with van der Waals surface area (Å²) in [6, 6.07) is 85.7. The van der Waals surface area contributed by atoms with Crippen LogP contribution in [0, 0.1) is 0 Å². The third kappa shape index (κ3) is 6.43. The van der Waals surface area contributed by atoms with Gasteiger partial charge in [0.2, 0.25) is 0 Å². The SMILES string of the molecule is c1ccc(-c2cc(-c3ccc4c(c3)c(-c3ccccc3)c(-c3ccccc3)c3cc(-c5cc6ccccc6cc5-c5ccccc5)ccc34)cc(-c3ccccc3)n2)cc1. The monoisotopic (exact) mass is 761 g/mol. The molecule has 0 N–H and O–H groups in total. The van der Waals surface area contributed by atoms with Crippen LogP contribution in [0.5, 0.6) is 0 Å². The molecule has 0 aliphatic carbocycles. The van der Waals surface area contributed by atoms with Crippen LogP contribution in [0.1, 0.15) is 0 Å². The number of hydrogen-bond acceptors (Lipinski definition) is 1. The van der Waals surface area contributed by atoms with E-state index in [-0.39, 0.29) is 0 Å². The summed E-state index contributed by atoms with van der Waals surface area (Å²) in [7, 11) is 0. The molecule has 0 saturated heterocycles. The van der Waals surface area contributed by atoms with E-state index in [0.717, 1.165) is 33.6 Å². The highest BCUT2D eigenvalue weighted by Crippen LogP contribution is 2.47. The molecule has 1 nitrogen and oxygen atoms in total. The molecular formula is C59H39N. The fourth-order valence-electron chi connectivity index (χ4n) is 8.94. The molecule has 0 atom stereocenters. The highest BCUT2D eigenvalue weighted by Gasteiger charge is 2.20. The summed E-state index contributed by atoms with van der Waals surface area (Å²) in [5.74, 6) is 0. The summed E-state index contributed by atoms with van der Waals surface area (Å²) in [6.07, 6.45) is 0. The Morgan fingerprint density at radius 2 is 0.583 bits per heavy atom. The summed E-state index contributed by atoms with van der Waals surface area (Å²) in [5, 5.41) is 7.36. The average Bonchev–Trinajstić information content (AvgIpc) is 3.34. The normalized spacial score (nSPS) is 11.3. The molecule has 0 amide bonds. The van der Waals surface area contributed by atoms with Crippen molar-refractivity contribution >= 4 is 32.3 Å². The maximum absolute atomic E-state index is 5.20. The topological polar surface area (TPSA) is 12.9 Å². The van der Waals surface area contributed by atoms with Crippen LogP contribution < -0.4 is 0 Å². The number of hydrogen-bond donors (Lipinski definition) is 0. The second kappa shape index (κ2) is 15.1. The van der Waals surface area contributed by atoms with Crippen LogP contribution in [-0.2, 0) is 0 Å². The summed E-state index contributed by atoms with van der Waals surface area (Å²) in [4.78, 5) is 5.20. The van der Waals surface area contributed by atoms with Crippen LogP contribution in [0.2, 0.25) is 0 Å². The van der Waals surface area contributed by atoms with Crippen molar-refractivity contribution in [2.45, 2.75) is 0 Å². The minimum atomic E-state index is 0.954. The van der Waals surface area contributed by atoms with Gasteiger partial charge in [-0.15, -0.1) is 0 Å². The fraction of sp³-hybridized carbons (Fsp3) is 0. The van der Waals surface area contributed by atoms with Gasteiger partial charge in [-0.05, 0) is 124 Å². The van der Waals surface area contributed by atoms with Crippen molar-refractivity contribution in [3.63, 3.8) is 0 Å². The van der Waals surface area contributed by atoms with Crippen LogP contribution >= 0.6 is 0 Å². The minimum Gasteiger partial charge on any atom is -0.248 e. The number of rotatable bonds is 7. The molecule has 0 aliphatic rings. The van der Waals surface area contributed by atoms with Crippen molar-refractivity contribution < 1.29 is 0 Å². The number of benzene rings is 10. The third-order valence-electron chi connectivity index (χ3n) is 11.8. The van der Waals surface area contributed by atoms with E-state index in [2.05, 4.69) is 237 Å². The first kappa shape index (κ1) is 35.3. The van der Waals surface area contributed by atoms with Gasteiger partial charge < -0.3 is 0 Å². The molecule has 11 rings (SSSR count). The quantitative estimate of drug-likeness (QED) is 0.147. The molecule has 0 radical (unpaired) electrons. The van der Waals surface area contributed by atoms with E-state index >= 15 is 0 Å². The van der Waals surface area contributed by atoms with Gasteiger partial charge in [0.15, 0.2) is 0 Å². The maximum atomic E-state index is 5.20. The average molecular weight is 762 g/mol. The Hall–Kier alpha value is -7.87. The Kier molecular flexibility index (Phi) is 8.91. The van der Waals surface area contributed by atoms with Crippen LogP contribution in [0.15, 0.2) is 237 Å². The molecule has 60 heavy (non-hydrogen) atoms. The van der Waals surface area contributed by atoms with Gasteiger partial charge in [-0.3, -0.25) is 0 Å². The molecule has 0 aliphatic heterocycles. The Labute approximate surface area is 350 Å². The molecule has 1 aromatic heterocycles. The summed E-state index contributed by atoms with van der Waals surface area (Å²) < 4.78 is 0. The third-order valence-corrected chi connectivity index (χ3v) is 11.8. The standard InChI is InChI=1S/C59H39N/c1-6-18-40(19-7-1)52-34-45-28-16-17-29-46(45)35-53(52)48-31-33-51-50-32-30-47(49-38-56(41-20-8-2-9-21-41)60-57(39-49)42-22-10-3-11-23-42)36-54(50)58(43-24-12-4-13-25-43)59(55(51)37-48)44-26-14-5-15-27-44/h1-39H.